The number of amides is 2. The maximum absolute atomic E-state index is 12.5. The van der Waals surface area contributed by atoms with E-state index in [4.69, 9.17) is 9.26 Å². The lowest BCUT2D eigenvalue weighted by Gasteiger charge is -2.40. The molecule has 2 N–H and O–H groups in total. The minimum absolute atomic E-state index is 0.0575. The Kier molecular flexibility index (Phi) is 6.11. The van der Waals surface area contributed by atoms with E-state index >= 15 is 0 Å². The average molecular weight is 421 g/mol. The van der Waals surface area contributed by atoms with Crippen LogP contribution in [0.2, 0.25) is 0 Å². The summed E-state index contributed by atoms with van der Waals surface area (Å²) < 4.78 is 10.7. The predicted molar refractivity (Wildman–Crippen MR) is 112 cm³/mol. The second-order valence-electron chi connectivity index (χ2n) is 7.39. The van der Waals surface area contributed by atoms with Crippen LogP contribution in [0.15, 0.2) is 65.2 Å². The van der Waals surface area contributed by atoms with E-state index in [0.717, 1.165) is 11.1 Å². The number of carbonyl (C=O) groups excluding carboxylic acids is 2. The Hall–Kier alpha value is -3.49. The fourth-order valence-electron chi connectivity index (χ4n) is 3.63. The Morgan fingerprint density at radius 3 is 2.58 bits per heavy atom. The molecule has 8 nitrogen and oxygen atoms in total. The van der Waals surface area contributed by atoms with Crippen molar-refractivity contribution in [2.45, 2.75) is 25.6 Å². The Morgan fingerprint density at radius 2 is 1.94 bits per heavy atom. The van der Waals surface area contributed by atoms with E-state index < -0.39 is 12.1 Å². The Labute approximate surface area is 179 Å². The summed E-state index contributed by atoms with van der Waals surface area (Å²) in [5, 5.41) is 16.5. The topological polar surface area (TPSA) is 105 Å². The first kappa shape index (κ1) is 20.8. The summed E-state index contributed by atoms with van der Waals surface area (Å²) >= 11 is 0. The minimum Gasteiger partial charge on any atom is -0.394 e. The fraction of sp³-hybridized carbons (Fsp3) is 0.261. The van der Waals surface area contributed by atoms with Gasteiger partial charge in [0.2, 0.25) is 5.91 Å². The third-order valence-corrected chi connectivity index (χ3v) is 5.20. The molecule has 2 amide bonds. The van der Waals surface area contributed by atoms with E-state index in [1.165, 1.54) is 0 Å². The van der Waals surface area contributed by atoms with E-state index in [0.29, 0.717) is 18.0 Å². The summed E-state index contributed by atoms with van der Waals surface area (Å²) in [6, 6.07) is 17.8. The Morgan fingerprint density at radius 1 is 1.19 bits per heavy atom. The monoisotopic (exact) mass is 421 g/mol. The highest BCUT2D eigenvalue weighted by molar-refractivity contribution is 6.02. The van der Waals surface area contributed by atoms with Gasteiger partial charge in [-0.2, -0.15) is 0 Å². The molecule has 1 fully saturated rings. The molecule has 1 aromatic heterocycles. The number of ether oxygens (including phenoxy) is 1. The quantitative estimate of drug-likeness (QED) is 0.634. The van der Waals surface area contributed by atoms with Gasteiger partial charge in [0.25, 0.3) is 5.91 Å². The molecule has 0 radical (unpaired) electrons. The second-order valence-corrected chi connectivity index (χ2v) is 7.39. The van der Waals surface area contributed by atoms with Gasteiger partial charge in [0.15, 0.2) is 5.69 Å². The lowest BCUT2D eigenvalue weighted by atomic mass is 9.98. The number of hydrogen-bond donors (Lipinski definition) is 2. The van der Waals surface area contributed by atoms with Gasteiger partial charge in [-0.1, -0.05) is 47.6 Å². The van der Waals surface area contributed by atoms with Gasteiger partial charge in [-0.05, 0) is 30.2 Å². The molecule has 0 aliphatic carbocycles. The molecule has 3 aromatic rings. The Balaban J connectivity index is 1.48. The van der Waals surface area contributed by atoms with Crippen LogP contribution in [0.4, 0.5) is 5.69 Å². The van der Waals surface area contributed by atoms with Gasteiger partial charge in [0, 0.05) is 18.3 Å². The first-order chi connectivity index (χ1) is 15.0. The third-order valence-electron chi connectivity index (χ3n) is 5.20. The van der Waals surface area contributed by atoms with Crippen molar-refractivity contribution in [3.05, 3.63) is 83.2 Å². The smallest absolute Gasteiger partial charge is 0.277 e. The lowest BCUT2D eigenvalue weighted by molar-refractivity contribution is -0.162. The number of nitrogens with one attached hydrogen (secondary N) is 1. The summed E-state index contributed by atoms with van der Waals surface area (Å²) in [5.74, 6) is 0.0249. The number of rotatable bonds is 6. The molecule has 160 valence electrons. The third kappa shape index (κ3) is 4.65. The van der Waals surface area contributed by atoms with Crippen LogP contribution in [-0.2, 0) is 16.1 Å². The molecule has 2 atom stereocenters. The number of carbonyl (C=O) groups is 2. The van der Waals surface area contributed by atoms with Crippen LogP contribution in [0, 0.1) is 6.92 Å². The van der Waals surface area contributed by atoms with Crippen molar-refractivity contribution in [2.75, 3.05) is 18.5 Å². The fourth-order valence-corrected chi connectivity index (χ4v) is 3.63. The molecular formula is C23H23N3O5. The zero-order valence-corrected chi connectivity index (χ0v) is 17.0. The predicted octanol–water partition coefficient (Wildman–Crippen LogP) is 2.70. The van der Waals surface area contributed by atoms with Crippen LogP contribution in [0.1, 0.15) is 33.5 Å². The summed E-state index contributed by atoms with van der Waals surface area (Å²) in [4.78, 5) is 26.4. The van der Waals surface area contributed by atoms with Crippen molar-refractivity contribution >= 4 is 17.5 Å². The highest BCUT2D eigenvalue weighted by atomic mass is 16.5. The number of nitrogens with zero attached hydrogens (tertiary/aromatic N) is 2. The van der Waals surface area contributed by atoms with Gasteiger partial charge in [-0.25, -0.2) is 0 Å². The summed E-state index contributed by atoms with van der Waals surface area (Å²) in [6.45, 7) is 1.83. The highest BCUT2D eigenvalue weighted by Gasteiger charge is 2.37. The second kappa shape index (κ2) is 9.11. The van der Waals surface area contributed by atoms with Gasteiger partial charge in [-0.3, -0.25) is 9.59 Å². The number of anilines is 1. The molecule has 2 heterocycles. The zero-order chi connectivity index (χ0) is 21.8. The average Bonchev–Trinajstić information content (AvgIpc) is 3.23. The number of aliphatic hydroxyl groups is 1. The van der Waals surface area contributed by atoms with E-state index in [1.807, 2.05) is 42.5 Å². The molecule has 0 bridgehead atoms. The molecule has 8 heteroatoms. The van der Waals surface area contributed by atoms with Gasteiger partial charge in [-0.15, -0.1) is 0 Å². The van der Waals surface area contributed by atoms with Crippen molar-refractivity contribution in [3.8, 4) is 0 Å². The first-order valence-electron chi connectivity index (χ1n) is 9.95. The van der Waals surface area contributed by atoms with Crippen molar-refractivity contribution in [3.63, 3.8) is 0 Å². The van der Waals surface area contributed by atoms with Gasteiger partial charge in [0.1, 0.15) is 18.5 Å². The number of aryl methyl sites for hydroxylation is 1. The number of aliphatic hydroxyl groups excluding tert-OH is 1. The molecular weight excluding hydrogens is 398 g/mol. The van der Waals surface area contributed by atoms with Crippen molar-refractivity contribution in [1.29, 1.82) is 0 Å². The zero-order valence-electron chi connectivity index (χ0n) is 17.0. The van der Waals surface area contributed by atoms with Crippen LogP contribution in [-0.4, -0.2) is 46.2 Å². The van der Waals surface area contributed by atoms with Crippen molar-refractivity contribution < 1.29 is 24.0 Å². The molecule has 31 heavy (non-hydrogen) atoms. The summed E-state index contributed by atoms with van der Waals surface area (Å²) in [7, 11) is 0. The molecule has 0 unspecified atom stereocenters. The molecule has 1 aliphatic rings. The first-order valence-corrected chi connectivity index (χ1v) is 9.95. The molecule has 1 aliphatic heterocycles. The van der Waals surface area contributed by atoms with E-state index in [1.54, 1.807) is 30.0 Å². The summed E-state index contributed by atoms with van der Waals surface area (Å²) in [6.07, 6.45) is -0.477. The van der Waals surface area contributed by atoms with Crippen LogP contribution in [0.25, 0.3) is 0 Å². The Bertz CT molecular complexity index is 1050. The number of morpholine rings is 1. The molecule has 1 saturated heterocycles. The highest BCUT2D eigenvalue weighted by Crippen LogP contribution is 2.31. The van der Waals surface area contributed by atoms with Crippen molar-refractivity contribution in [2.24, 2.45) is 0 Å². The summed E-state index contributed by atoms with van der Waals surface area (Å²) in [5.41, 5.74) is 2.58. The number of benzene rings is 2. The minimum atomic E-state index is -0.514. The number of aromatic nitrogens is 1. The van der Waals surface area contributed by atoms with Crippen LogP contribution in [0.3, 0.4) is 0 Å². The largest absolute Gasteiger partial charge is 0.394 e. The van der Waals surface area contributed by atoms with Crippen molar-refractivity contribution in [1.82, 2.24) is 10.1 Å². The van der Waals surface area contributed by atoms with E-state index in [9.17, 15) is 14.7 Å². The molecule has 0 saturated carbocycles. The normalized spacial score (nSPS) is 18.8. The standard InChI is InChI=1S/C23H23N3O5/c1-15-11-19(25-31-15)23(29)24-18-9-7-17(8-10-18)22-20(13-27)26(21(28)14-30-22)12-16-5-3-2-4-6-16/h2-11,20,22,27H,12-14H2,1H3,(H,24,29)/t20-,22-/m1/s1. The maximum atomic E-state index is 12.5. The van der Waals surface area contributed by atoms with Gasteiger partial charge < -0.3 is 24.6 Å². The lowest BCUT2D eigenvalue weighted by Crippen LogP contribution is -2.52. The van der Waals surface area contributed by atoms with Crippen LogP contribution >= 0.6 is 0 Å². The molecule has 0 spiro atoms. The molecule has 2 aromatic carbocycles. The number of hydrogen-bond acceptors (Lipinski definition) is 6. The van der Waals surface area contributed by atoms with E-state index in [2.05, 4.69) is 10.5 Å². The van der Waals surface area contributed by atoms with Gasteiger partial charge in [0.05, 0.1) is 12.6 Å². The van der Waals surface area contributed by atoms with E-state index in [-0.39, 0.29) is 30.7 Å². The van der Waals surface area contributed by atoms with Crippen LogP contribution in [0.5, 0.6) is 0 Å². The SMILES string of the molecule is Cc1cc(C(=O)Nc2ccc([C@H]3OCC(=O)N(Cc4ccccc4)[C@@H]3CO)cc2)no1. The van der Waals surface area contributed by atoms with Gasteiger partial charge >= 0.3 is 0 Å². The van der Waals surface area contributed by atoms with Crippen LogP contribution < -0.4 is 5.32 Å². The molecule has 4 rings (SSSR count). The maximum Gasteiger partial charge on any atom is 0.277 e.